The lowest BCUT2D eigenvalue weighted by Crippen LogP contribution is -2.49. The van der Waals surface area contributed by atoms with Gasteiger partial charge in [-0.25, -0.2) is 8.42 Å². The van der Waals surface area contributed by atoms with Gasteiger partial charge in [0, 0.05) is 36.1 Å². The summed E-state index contributed by atoms with van der Waals surface area (Å²) in [4.78, 5) is 2.44. The number of hydrogen-bond acceptors (Lipinski definition) is 4. The molecule has 0 aromatic heterocycles. The van der Waals surface area contributed by atoms with Crippen molar-refractivity contribution in [1.82, 2.24) is 9.21 Å². The van der Waals surface area contributed by atoms with Crippen LogP contribution in [-0.2, 0) is 16.4 Å². The number of nitrogens with zero attached hydrogens (tertiary/aromatic N) is 2. The van der Waals surface area contributed by atoms with Crippen molar-refractivity contribution in [1.29, 1.82) is 0 Å². The van der Waals surface area contributed by atoms with Gasteiger partial charge in [0.2, 0.25) is 10.0 Å². The van der Waals surface area contributed by atoms with Gasteiger partial charge in [0.25, 0.3) is 0 Å². The third-order valence-corrected chi connectivity index (χ3v) is 7.39. The minimum absolute atomic E-state index is 0.212. The number of likely N-dealkylation sites (N-methyl/N-ethyl adjacent to an activating group) is 1. The third-order valence-electron chi connectivity index (χ3n) is 5.02. The molecule has 0 radical (unpaired) electrons. The van der Waals surface area contributed by atoms with Crippen LogP contribution in [0.5, 0.6) is 5.75 Å². The number of benzene rings is 2. The first-order chi connectivity index (χ1) is 12.5. The first kappa shape index (κ1) is 18.0. The number of fused-ring (bicyclic) bond motifs is 1. The summed E-state index contributed by atoms with van der Waals surface area (Å²) in [6.45, 7) is 2.36. The number of rotatable bonds is 3. The SMILES string of the molecule is CN1CCN(S(=O)(=O)c2cc(Br)cc3c2OCC3)C(c2ccccc2)C1. The number of hydrogen-bond donors (Lipinski definition) is 0. The molecule has 4 rings (SSSR count). The molecule has 0 aliphatic carbocycles. The fourth-order valence-corrected chi connectivity index (χ4v) is 6.15. The molecule has 26 heavy (non-hydrogen) atoms. The molecule has 138 valence electrons. The maximum atomic E-state index is 13.6. The Bertz CT molecular complexity index is 918. The Morgan fingerprint density at radius 3 is 2.69 bits per heavy atom. The number of ether oxygens (including phenoxy) is 1. The fraction of sp³-hybridized carbons (Fsp3) is 0.368. The van der Waals surface area contributed by atoms with Crippen molar-refractivity contribution in [2.75, 3.05) is 33.3 Å². The van der Waals surface area contributed by atoms with Crippen LogP contribution in [0.4, 0.5) is 0 Å². The normalized spacial score (nSPS) is 21.4. The highest BCUT2D eigenvalue weighted by Crippen LogP contribution is 2.40. The second-order valence-corrected chi connectivity index (χ2v) is 9.57. The summed E-state index contributed by atoms with van der Waals surface area (Å²) in [5.74, 6) is 0.513. The molecule has 0 saturated carbocycles. The largest absolute Gasteiger partial charge is 0.492 e. The van der Waals surface area contributed by atoms with Crippen LogP contribution in [0, 0.1) is 0 Å². The topological polar surface area (TPSA) is 49.9 Å². The van der Waals surface area contributed by atoms with E-state index in [0.29, 0.717) is 32.0 Å². The lowest BCUT2D eigenvalue weighted by Gasteiger charge is -2.39. The molecule has 2 aromatic carbocycles. The average molecular weight is 437 g/mol. The highest BCUT2D eigenvalue weighted by atomic mass is 79.9. The van der Waals surface area contributed by atoms with Crippen LogP contribution < -0.4 is 4.74 Å². The quantitative estimate of drug-likeness (QED) is 0.741. The van der Waals surface area contributed by atoms with E-state index in [-0.39, 0.29) is 10.9 Å². The van der Waals surface area contributed by atoms with Crippen molar-refractivity contribution in [2.45, 2.75) is 17.4 Å². The smallest absolute Gasteiger partial charge is 0.247 e. The Kier molecular flexibility index (Phi) is 4.81. The van der Waals surface area contributed by atoms with Gasteiger partial charge in [0.1, 0.15) is 10.6 Å². The molecule has 2 aromatic rings. The maximum absolute atomic E-state index is 13.6. The molecule has 2 heterocycles. The van der Waals surface area contributed by atoms with Crippen LogP contribution in [0.15, 0.2) is 51.8 Å². The van der Waals surface area contributed by atoms with Crippen molar-refractivity contribution in [3.8, 4) is 5.75 Å². The Morgan fingerprint density at radius 2 is 1.92 bits per heavy atom. The molecular formula is C19H21BrN2O3S. The summed E-state index contributed by atoms with van der Waals surface area (Å²) in [7, 11) is -1.65. The Balaban J connectivity index is 1.79. The van der Waals surface area contributed by atoms with Gasteiger partial charge in [-0.2, -0.15) is 4.31 Å². The Hall–Kier alpha value is -1.41. The van der Waals surface area contributed by atoms with Gasteiger partial charge in [-0.1, -0.05) is 46.3 Å². The predicted molar refractivity (Wildman–Crippen MR) is 104 cm³/mol. The Labute approximate surface area is 162 Å². The van der Waals surface area contributed by atoms with Crippen molar-refractivity contribution in [2.24, 2.45) is 0 Å². The minimum Gasteiger partial charge on any atom is -0.492 e. The van der Waals surface area contributed by atoms with Crippen LogP contribution in [0.25, 0.3) is 0 Å². The van der Waals surface area contributed by atoms with E-state index in [2.05, 4.69) is 20.8 Å². The molecule has 0 amide bonds. The van der Waals surface area contributed by atoms with E-state index in [1.54, 1.807) is 10.4 Å². The van der Waals surface area contributed by atoms with E-state index in [4.69, 9.17) is 4.74 Å². The number of piperazine rings is 1. The molecule has 5 nitrogen and oxygen atoms in total. The first-order valence-electron chi connectivity index (χ1n) is 8.67. The zero-order chi connectivity index (χ0) is 18.3. The van der Waals surface area contributed by atoms with Crippen LogP contribution in [0.3, 0.4) is 0 Å². The van der Waals surface area contributed by atoms with Gasteiger partial charge in [-0.15, -0.1) is 0 Å². The predicted octanol–water partition coefficient (Wildman–Crippen LogP) is 3.06. The summed E-state index contributed by atoms with van der Waals surface area (Å²) in [6.07, 6.45) is 0.738. The highest BCUT2D eigenvalue weighted by Gasteiger charge is 2.38. The van der Waals surface area contributed by atoms with Crippen LogP contribution in [0.1, 0.15) is 17.2 Å². The lowest BCUT2D eigenvalue weighted by atomic mass is 10.1. The van der Waals surface area contributed by atoms with Gasteiger partial charge in [0.05, 0.1) is 12.6 Å². The van der Waals surface area contributed by atoms with Crippen LogP contribution in [-0.4, -0.2) is 50.9 Å². The van der Waals surface area contributed by atoms with Gasteiger partial charge in [-0.3, -0.25) is 0 Å². The second kappa shape index (κ2) is 6.96. The van der Waals surface area contributed by atoms with Crippen LogP contribution in [0.2, 0.25) is 0 Å². The molecule has 1 fully saturated rings. The zero-order valence-electron chi connectivity index (χ0n) is 14.6. The number of halogens is 1. The molecule has 7 heteroatoms. The monoisotopic (exact) mass is 436 g/mol. The zero-order valence-corrected chi connectivity index (χ0v) is 17.0. The molecule has 0 bridgehead atoms. The summed E-state index contributed by atoms with van der Waals surface area (Å²) in [6, 6.07) is 13.2. The fourth-order valence-electron chi connectivity index (χ4n) is 3.69. The third kappa shape index (κ3) is 3.17. The second-order valence-electron chi connectivity index (χ2n) is 6.80. The first-order valence-corrected chi connectivity index (χ1v) is 10.9. The van der Waals surface area contributed by atoms with Gasteiger partial charge in [-0.05, 0) is 24.7 Å². The van der Waals surface area contributed by atoms with E-state index < -0.39 is 10.0 Å². The summed E-state index contributed by atoms with van der Waals surface area (Å²) in [5.41, 5.74) is 1.96. The van der Waals surface area contributed by atoms with Gasteiger partial charge in [0.15, 0.2) is 0 Å². The molecule has 0 spiro atoms. The molecule has 0 N–H and O–H groups in total. The molecular weight excluding hydrogens is 416 g/mol. The standard InChI is InChI=1S/C19H21BrN2O3S/c1-21-8-9-22(17(13-21)14-5-3-2-4-6-14)26(23,24)18-12-16(20)11-15-7-10-25-19(15)18/h2-6,11-12,17H,7-10,13H2,1H3. The summed E-state index contributed by atoms with van der Waals surface area (Å²) in [5, 5.41) is 0. The molecule has 1 atom stereocenters. The van der Waals surface area contributed by atoms with Crippen molar-refractivity contribution in [3.63, 3.8) is 0 Å². The Morgan fingerprint density at radius 1 is 1.15 bits per heavy atom. The summed E-state index contributed by atoms with van der Waals surface area (Å²) >= 11 is 3.46. The van der Waals surface area contributed by atoms with Crippen LogP contribution >= 0.6 is 15.9 Å². The van der Waals surface area contributed by atoms with E-state index >= 15 is 0 Å². The molecule has 2 aliphatic rings. The minimum atomic E-state index is -3.68. The molecule has 1 unspecified atom stereocenters. The van der Waals surface area contributed by atoms with Crippen molar-refractivity contribution < 1.29 is 13.2 Å². The lowest BCUT2D eigenvalue weighted by molar-refractivity contribution is 0.160. The van der Waals surface area contributed by atoms with Crippen molar-refractivity contribution in [3.05, 3.63) is 58.1 Å². The van der Waals surface area contributed by atoms with Gasteiger partial charge >= 0.3 is 0 Å². The molecule has 2 aliphatic heterocycles. The van der Waals surface area contributed by atoms with Crippen molar-refractivity contribution >= 4 is 26.0 Å². The molecule has 1 saturated heterocycles. The number of sulfonamides is 1. The highest BCUT2D eigenvalue weighted by molar-refractivity contribution is 9.10. The van der Waals surface area contributed by atoms with E-state index in [0.717, 1.165) is 22.0 Å². The summed E-state index contributed by atoms with van der Waals surface area (Å²) < 4.78 is 35.3. The van der Waals surface area contributed by atoms with Gasteiger partial charge < -0.3 is 9.64 Å². The average Bonchev–Trinajstić information content (AvgIpc) is 3.09. The van der Waals surface area contributed by atoms with E-state index in [9.17, 15) is 8.42 Å². The van der Waals surface area contributed by atoms with E-state index in [1.807, 2.05) is 43.4 Å². The van der Waals surface area contributed by atoms with E-state index in [1.165, 1.54) is 0 Å². The maximum Gasteiger partial charge on any atom is 0.247 e.